The Labute approximate surface area is 91.3 Å². The molecule has 0 aliphatic rings. The van der Waals surface area contributed by atoms with Crippen molar-refractivity contribution in [3.05, 3.63) is 29.8 Å². The SMILES string of the molecule is NC(COC(=O)c1ccccc1O)C(=O)O. The highest BCUT2D eigenvalue weighted by Gasteiger charge is 2.16. The molecule has 6 nitrogen and oxygen atoms in total. The average molecular weight is 225 g/mol. The van der Waals surface area contributed by atoms with Crippen molar-refractivity contribution in [3.63, 3.8) is 0 Å². The van der Waals surface area contributed by atoms with E-state index in [-0.39, 0.29) is 11.3 Å². The van der Waals surface area contributed by atoms with Crippen LogP contribution in [0.1, 0.15) is 10.4 Å². The molecule has 0 radical (unpaired) electrons. The van der Waals surface area contributed by atoms with Crippen molar-refractivity contribution in [1.29, 1.82) is 0 Å². The molecule has 6 heteroatoms. The van der Waals surface area contributed by atoms with Gasteiger partial charge in [0.1, 0.15) is 24.0 Å². The Bertz CT molecular complexity index is 404. The van der Waals surface area contributed by atoms with Gasteiger partial charge in [0.25, 0.3) is 0 Å². The predicted octanol–water partition coefficient (Wildman–Crippen LogP) is -0.0391. The van der Waals surface area contributed by atoms with Gasteiger partial charge in [0.2, 0.25) is 0 Å². The molecule has 0 aliphatic heterocycles. The number of benzene rings is 1. The first-order chi connectivity index (χ1) is 7.52. The number of carbonyl (C=O) groups excluding carboxylic acids is 1. The van der Waals surface area contributed by atoms with Crippen molar-refractivity contribution in [2.75, 3.05) is 6.61 Å². The molecule has 1 aromatic carbocycles. The van der Waals surface area contributed by atoms with Gasteiger partial charge in [-0.25, -0.2) is 4.79 Å². The van der Waals surface area contributed by atoms with Crippen LogP contribution in [0.15, 0.2) is 24.3 Å². The molecule has 0 amide bonds. The Morgan fingerprint density at radius 3 is 2.56 bits per heavy atom. The van der Waals surface area contributed by atoms with Crippen LogP contribution in [-0.2, 0) is 9.53 Å². The summed E-state index contributed by atoms with van der Waals surface area (Å²) in [6, 6.07) is 4.52. The number of phenolic OH excluding ortho intramolecular Hbond substituents is 1. The second kappa shape index (κ2) is 5.13. The third kappa shape index (κ3) is 2.96. The zero-order valence-corrected chi connectivity index (χ0v) is 8.29. The normalized spacial score (nSPS) is 11.8. The second-order valence-corrected chi connectivity index (χ2v) is 3.06. The van der Waals surface area contributed by atoms with E-state index < -0.39 is 24.6 Å². The summed E-state index contributed by atoms with van der Waals surface area (Å²) in [5, 5.41) is 17.8. The fourth-order valence-corrected chi connectivity index (χ4v) is 0.961. The Morgan fingerprint density at radius 1 is 1.38 bits per heavy atom. The van der Waals surface area contributed by atoms with Crippen LogP contribution in [0.4, 0.5) is 0 Å². The zero-order valence-electron chi connectivity index (χ0n) is 8.29. The molecule has 0 fully saturated rings. The minimum absolute atomic E-state index is 0.0277. The number of aliphatic carboxylic acids is 1. The van der Waals surface area contributed by atoms with E-state index in [1.807, 2.05) is 0 Å². The fraction of sp³-hybridized carbons (Fsp3) is 0.200. The lowest BCUT2D eigenvalue weighted by Gasteiger charge is -2.08. The van der Waals surface area contributed by atoms with Gasteiger partial charge >= 0.3 is 11.9 Å². The van der Waals surface area contributed by atoms with Crippen molar-refractivity contribution in [2.45, 2.75) is 6.04 Å². The van der Waals surface area contributed by atoms with E-state index in [4.69, 9.17) is 10.8 Å². The highest BCUT2D eigenvalue weighted by Crippen LogP contribution is 2.16. The second-order valence-electron chi connectivity index (χ2n) is 3.06. The lowest BCUT2D eigenvalue weighted by molar-refractivity contribution is -0.139. The molecule has 1 aromatic rings. The van der Waals surface area contributed by atoms with Crippen molar-refractivity contribution < 1.29 is 24.5 Å². The van der Waals surface area contributed by atoms with Gasteiger partial charge in [0.05, 0.1) is 0 Å². The quantitative estimate of drug-likeness (QED) is 0.620. The molecule has 1 atom stereocenters. The largest absolute Gasteiger partial charge is 0.507 e. The monoisotopic (exact) mass is 225 g/mol. The minimum Gasteiger partial charge on any atom is -0.507 e. The summed E-state index contributed by atoms with van der Waals surface area (Å²) in [5.41, 5.74) is 5.11. The van der Waals surface area contributed by atoms with Crippen LogP contribution in [0.25, 0.3) is 0 Å². The molecule has 0 aromatic heterocycles. The maximum Gasteiger partial charge on any atom is 0.341 e. The van der Waals surface area contributed by atoms with Crippen LogP contribution in [0.5, 0.6) is 5.75 Å². The van der Waals surface area contributed by atoms with Gasteiger partial charge in [-0.05, 0) is 12.1 Å². The van der Waals surface area contributed by atoms with Gasteiger partial charge in [-0.1, -0.05) is 12.1 Å². The Hall–Kier alpha value is -2.08. The van der Waals surface area contributed by atoms with Crippen LogP contribution in [0, 0.1) is 0 Å². The lowest BCUT2D eigenvalue weighted by atomic mass is 10.2. The van der Waals surface area contributed by atoms with E-state index in [1.165, 1.54) is 12.1 Å². The standard InChI is InChI=1S/C10H11NO5/c11-7(9(13)14)5-16-10(15)6-3-1-2-4-8(6)12/h1-4,7,12H,5,11H2,(H,13,14). The number of aromatic hydroxyl groups is 1. The fourth-order valence-electron chi connectivity index (χ4n) is 0.961. The topological polar surface area (TPSA) is 110 Å². The predicted molar refractivity (Wildman–Crippen MR) is 54.0 cm³/mol. The lowest BCUT2D eigenvalue weighted by Crippen LogP contribution is -2.35. The molecule has 1 rings (SSSR count). The highest BCUT2D eigenvalue weighted by atomic mass is 16.5. The molecule has 0 saturated carbocycles. The van der Waals surface area contributed by atoms with Crippen molar-refractivity contribution in [3.8, 4) is 5.75 Å². The smallest absolute Gasteiger partial charge is 0.341 e. The van der Waals surface area contributed by atoms with E-state index in [1.54, 1.807) is 12.1 Å². The van der Waals surface area contributed by atoms with E-state index in [2.05, 4.69) is 4.74 Å². The Balaban J connectivity index is 2.60. The summed E-state index contributed by atoms with van der Waals surface area (Å²) in [5.74, 6) is -2.30. The van der Waals surface area contributed by atoms with Crippen LogP contribution < -0.4 is 5.73 Å². The Kier molecular flexibility index (Phi) is 3.84. The number of esters is 1. The van der Waals surface area contributed by atoms with Crippen LogP contribution in [0.2, 0.25) is 0 Å². The number of hydrogen-bond donors (Lipinski definition) is 3. The highest BCUT2D eigenvalue weighted by molar-refractivity contribution is 5.92. The van der Waals surface area contributed by atoms with E-state index >= 15 is 0 Å². The van der Waals surface area contributed by atoms with Crippen molar-refractivity contribution in [2.24, 2.45) is 5.73 Å². The first-order valence-electron chi connectivity index (χ1n) is 4.46. The summed E-state index contributed by atoms with van der Waals surface area (Å²) in [4.78, 5) is 21.7. The first kappa shape index (κ1) is 12.0. The number of nitrogens with two attached hydrogens (primary N) is 1. The molecule has 0 aliphatic carbocycles. The van der Waals surface area contributed by atoms with E-state index in [0.29, 0.717) is 0 Å². The molecule has 86 valence electrons. The van der Waals surface area contributed by atoms with Gasteiger partial charge in [-0.2, -0.15) is 0 Å². The van der Waals surface area contributed by atoms with Crippen LogP contribution in [0.3, 0.4) is 0 Å². The summed E-state index contributed by atoms with van der Waals surface area (Å²) in [6.45, 7) is -0.442. The summed E-state index contributed by atoms with van der Waals surface area (Å²) in [6.07, 6.45) is 0. The number of ether oxygens (including phenoxy) is 1. The number of phenols is 1. The van der Waals surface area contributed by atoms with Gasteiger partial charge in [-0.15, -0.1) is 0 Å². The molecule has 16 heavy (non-hydrogen) atoms. The maximum atomic E-state index is 11.4. The molecular weight excluding hydrogens is 214 g/mol. The first-order valence-corrected chi connectivity index (χ1v) is 4.46. The van der Waals surface area contributed by atoms with Gasteiger partial charge in [-0.3, -0.25) is 4.79 Å². The molecule has 0 bridgehead atoms. The molecular formula is C10H11NO5. The van der Waals surface area contributed by atoms with Crippen molar-refractivity contribution >= 4 is 11.9 Å². The number of carbonyl (C=O) groups is 2. The van der Waals surface area contributed by atoms with E-state index in [9.17, 15) is 14.7 Å². The van der Waals surface area contributed by atoms with Gasteiger partial charge < -0.3 is 20.7 Å². The molecule has 0 spiro atoms. The molecule has 0 saturated heterocycles. The number of para-hydroxylation sites is 1. The average Bonchev–Trinajstić information content (AvgIpc) is 2.25. The third-order valence-corrected chi connectivity index (χ3v) is 1.84. The van der Waals surface area contributed by atoms with Gasteiger partial charge in [0, 0.05) is 0 Å². The van der Waals surface area contributed by atoms with E-state index in [0.717, 1.165) is 0 Å². The Morgan fingerprint density at radius 2 is 2.00 bits per heavy atom. The van der Waals surface area contributed by atoms with Crippen LogP contribution in [-0.4, -0.2) is 34.8 Å². The van der Waals surface area contributed by atoms with Gasteiger partial charge in [0.15, 0.2) is 0 Å². The van der Waals surface area contributed by atoms with Crippen molar-refractivity contribution in [1.82, 2.24) is 0 Å². The summed E-state index contributed by atoms with van der Waals surface area (Å²) in [7, 11) is 0. The molecule has 0 heterocycles. The summed E-state index contributed by atoms with van der Waals surface area (Å²) < 4.78 is 4.63. The summed E-state index contributed by atoms with van der Waals surface area (Å²) >= 11 is 0. The molecule has 1 unspecified atom stereocenters. The maximum absolute atomic E-state index is 11.4. The number of carboxylic acids is 1. The third-order valence-electron chi connectivity index (χ3n) is 1.84. The minimum atomic E-state index is -1.27. The van der Waals surface area contributed by atoms with Crippen LogP contribution >= 0.6 is 0 Å². The number of rotatable bonds is 4. The molecule has 4 N–H and O–H groups in total. The zero-order chi connectivity index (χ0) is 12.1. The number of carboxylic acid groups (broad SMARTS) is 1. The number of hydrogen-bond acceptors (Lipinski definition) is 5.